The molecule has 0 radical (unpaired) electrons. The molecule has 204 valence electrons. The lowest BCUT2D eigenvalue weighted by atomic mass is 9.98. The van der Waals surface area contributed by atoms with Crippen LogP contribution in [0.5, 0.6) is 17.2 Å². The third-order valence-electron chi connectivity index (χ3n) is 6.33. The molecule has 0 atom stereocenters. The number of nitriles is 1. The second-order valence-corrected chi connectivity index (χ2v) is 9.75. The number of rotatable bonds is 9. The topological polar surface area (TPSA) is 77.0 Å². The van der Waals surface area contributed by atoms with Crippen LogP contribution in [0.1, 0.15) is 16.7 Å². The predicted octanol–water partition coefficient (Wildman–Crippen LogP) is 9.14. The highest BCUT2D eigenvalue weighted by molar-refractivity contribution is 6.35. The molecule has 0 bridgehead atoms. The fourth-order valence-electron chi connectivity index (χ4n) is 4.21. The summed E-state index contributed by atoms with van der Waals surface area (Å²) in [6.45, 7) is 0.282. The van der Waals surface area contributed by atoms with Crippen molar-refractivity contribution in [3.05, 3.63) is 118 Å². The van der Waals surface area contributed by atoms with E-state index in [4.69, 9.17) is 41.8 Å². The standard InChI is InChI=1S/C33H24Cl2N2O4/c1-38-26-12-7-22(8-13-26)31-29(18-36)33(41-32(31)23-9-14-27(39-2)15-10-23)37-19-21-4-3-5-28(16-21)40-20-24-6-11-25(34)17-30(24)35/h3-17,19H,20H2,1-2H3. The van der Waals surface area contributed by atoms with Crippen molar-refractivity contribution in [2.24, 2.45) is 4.99 Å². The number of furan rings is 1. The fourth-order valence-corrected chi connectivity index (χ4v) is 4.67. The molecule has 4 aromatic carbocycles. The number of benzene rings is 4. The van der Waals surface area contributed by atoms with Gasteiger partial charge in [-0.3, -0.25) is 0 Å². The molecule has 41 heavy (non-hydrogen) atoms. The van der Waals surface area contributed by atoms with Gasteiger partial charge in [0.2, 0.25) is 5.88 Å². The van der Waals surface area contributed by atoms with Gasteiger partial charge in [-0.1, -0.05) is 53.5 Å². The molecular formula is C33H24Cl2N2O4. The Kier molecular flexibility index (Phi) is 8.59. The van der Waals surface area contributed by atoms with Gasteiger partial charge in [0.05, 0.1) is 14.2 Å². The smallest absolute Gasteiger partial charge is 0.238 e. The second-order valence-electron chi connectivity index (χ2n) is 8.91. The number of ether oxygens (including phenoxy) is 3. The molecule has 0 unspecified atom stereocenters. The molecule has 0 aliphatic heterocycles. The van der Waals surface area contributed by atoms with Crippen LogP contribution in [0.3, 0.4) is 0 Å². The third kappa shape index (κ3) is 6.38. The molecule has 0 fully saturated rings. The number of hydrogen-bond acceptors (Lipinski definition) is 6. The van der Waals surface area contributed by atoms with E-state index in [1.807, 2.05) is 78.9 Å². The largest absolute Gasteiger partial charge is 0.497 e. The molecule has 1 aromatic heterocycles. The van der Waals surface area contributed by atoms with E-state index in [9.17, 15) is 5.26 Å². The number of methoxy groups -OCH3 is 2. The molecule has 1 heterocycles. The van der Waals surface area contributed by atoms with Gasteiger partial charge in [0, 0.05) is 33.0 Å². The first kappa shape index (κ1) is 27.9. The van der Waals surface area contributed by atoms with E-state index < -0.39 is 0 Å². The zero-order valence-corrected chi connectivity index (χ0v) is 23.7. The van der Waals surface area contributed by atoms with Crippen LogP contribution in [0.25, 0.3) is 22.5 Å². The minimum absolute atomic E-state index is 0.198. The van der Waals surface area contributed by atoms with E-state index in [2.05, 4.69) is 11.1 Å². The van der Waals surface area contributed by atoms with Crippen LogP contribution in [0, 0.1) is 11.3 Å². The van der Waals surface area contributed by atoms with E-state index >= 15 is 0 Å². The number of aliphatic imine (C=N–C) groups is 1. The number of hydrogen-bond donors (Lipinski definition) is 0. The van der Waals surface area contributed by atoms with Gasteiger partial charge in [-0.25, -0.2) is 4.99 Å². The molecule has 5 aromatic rings. The minimum Gasteiger partial charge on any atom is -0.497 e. The van der Waals surface area contributed by atoms with Crippen molar-refractivity contribution < 1.29 is 18.6 Å². The summed E-state index contributed by atoms with van der Waals surface area (Å²) in [6.07, 6.45) is 1.64. The highest BCUT2D eigenvalue weighted by Gasteiger charge is 2.23. The quantitative estimate of drug-likeness (QED) is 0.162. The van der Waals surface area contributed by atoms with Crippen molar-refractivity contribution in [2.45, 2.75) is 6.61 Å². The van der Waals surface area contributed by atoms with Crippen molar-refractivity contribution in [3.63, 3.8) is 0 Å². The summed E-state index contributed by atoms with van der Waals surface area (Å²) in [5.41, 5.74) is 4.13. The highest BCUT2D eigenvalue weighted by Crippen LogP contribution is 2.43. The van der Waals surface area contributed by atoms with Gasteiger partial charge in [0.1, 0.15) is 41.2 Å². The lowest BCUT2D eigenvalue weighted by Crippen LogP contribution is -1.96. The Morgan fingerprint density at radius 3 is 2.15 bits per heavy atom. The van der Waals surface area contributed by atoms with Crippen molar-refractivity contribution >= 4 is 35.3 Å². The van der Waals surface area contributed by atoms with E-state index in [0.717, 1.165) is 22.3 Å². The van der Waals surface area contributed by atoms with Crippen LogP contribution < -0.4 is 14.2 Å². The van der Waals surface area contributed by atoms with Crippen molar-refractivity contribution in [2.75, 3.05) is 14.2 Å². The molecule has 0 N–H and O–H groups in total. The van der Waals surface area contributed by atoms with Gasteiger partial charge >= 0.3 is 0 Å². The first-order chi connectivity index (χ1) is 20.0. The van der Waals surface area contributed by atoms with Crippen LogP contribution in [-0.4, -0.2) is 20.4 Å². The van der Waals surface area contributed by atoms with Gasteiger partial charge in [0.15, 0.2) is 0 Å². The molecular weight excluding hydrogens is 559 g/mol. The summed E-state index contributed by atoms with van der Waals surface area (Å²) in [4.78, 5) is 4.58. The van der Waals surface area contributed by atoms with Crippen molar-refractivity contribution in [1.82, 2.24) is 0 Å². The van der Waals surface area contributed by atoms with Gasteiger partial charge in [-0.15, -0.1) is 0 Å². The van der Waals surface area contributed by atoms with E-state index in [1.165, 1.54) is 0 Å². The van der Waals surface area contributed by atoms with Gasteiger partial charge < -0.3 is 18.6 Å². The summed E-state index contributed by atoms with van der Waals surface area (Å²) in [7, 11) is 3.22. The average Bonchev–Trinajstić information content (AvgIpc) is 3.38. The van der Waals surface area contributed by atoms with E-state index in [1.54, 1.807) is 32.6 Å². The summed E-state index contributed by atoms with van der Waals surface area (Å²) < 4.78 is 22.8. The van der Waals surface area contributed by atoms with Crippen LogP contribution >= 0.6 is 23.2 Å². The van der Waals surface area contributed by atoms with Crippen LogP contribution in [0.4, 0.5) is 5.88 Å². The molecule has 8 heteroatoms. The maximum absolute atomic E-state index is 10.2. The molecule has 0 aliphatic rings. The molecule has 5 rings (SSSR count). The SMILES string of the molecule is COc1ccc(-c2oc(N=Cc3cccc(OCc4ccc(Cl)cc4Cl)c3)c(C#N)c2-c2ccc(OC)cc2)cc1. The number of nitrogens with zero attached hydrogens (tertiary/aromatic N) is 2. The van der Waals surface area contributed by atoms with E-state index in [-0.39, 0.29) is 12.5 Å². The third-order valence-corrected chi connectivity index (χ3v) is 6.92. The van der Waals surface area contributed by atoms with Crippen molar-refractivity contribution in [3.8, 4) is 45.8 Å². The second kappa shape index (κ2) is 12.6. The summed E-state index contributed by atoms with van der Waals surface area (Å²) in [5, 5.41) is 11.3. The molecule has 0 amide bonds. The Morgan fingerprint density at radius 1 is 0.829 bits per heavy atom. The normalized spacial score (nSPS) is 10.9. The predicted molar refractivity (Wildman–Crippen MR) is 162 cm³/mol. The average molecular weight is 583 g/mol. The lowest BCUT2D eigenvalue weighted by molar-refractivity contribution is 0.306. The summed E-state index contributed by atoms with van der Waals surface area (Å²) >= 11 is 12.3. The fraction of sp³-hybridized carbons (Fsp3) is 0.0909. The van der Waals surface area contributed by atoms with Crippen LogP contribution in [-0.2, 0) is 6.61 Å². The lowest BCUT2D eigenvalue weighted by Gasteiger charge is -2.08. The maximum Gasteiger partial charge on any atom is 0.238 e. The zero-order valence-electron chi connectivity index (χ0n) is 22.2. The first-order valence-corrected chi connectivity index (χ1v) is 13.3. The highest BCUT2D eigenvalue weighted by atomic mass is 35.5. The van der Waals surface area contributed by atoms with Gasteiger partial charge in [-0.2, -0.15) is 5.26 Å². The van der Waals surface area contributed by atoms with Gasteiger partial charge in [-0.05, 0) is 71.8 Å². The van der Waals surface area contributed by atoms with Gasteiger partial charge in [0.25, 0.3) is 0 Å². The number of halogens is 2. The molecule has 0 saturated carbocycles. The molecule has 6 nitrogen and oxygen atoms in total. The van der Waals surface area contributed by atoms with Crippen LogP contribution in [0.2, 0.25) is 10.0 Å². The first-order valence-electron chi connectivity index (χ1n) is 12.6. The monoisotopic (exact) mass is 582 g/mol. The Hall–Kier alpha value is -4.70. The summed E-state index contributed by atoms with van der Waals surface area (Å²) in [6, 6.07) is 29.9. The van der Waals surface area contributed by atoms with Crippen LogP contribution in [0.15, 0.2) is 100 Å². The summed E-state index contributed by atoms with van der Waals surface area (Å²) in [5.74, 6) is 2.78. The Morgan fingerprint density at radius 2 is 1.51 bits per heavy atom. The Labute approximate surface area is 248 Å². The maximum atomic E-state index is 10.2. The zero-order chi connectivity index (χ0) is 28.8. The van der Waals surface area contributed by atoms with E-state index in [0.29, 0.717) is 44.2 Å². The molecule has 0 saturated heterocycles. The molecule has 0 spiro atoms. The minimum atomic E-state index is 0.198. The molecule has 0 aliphatic carbocycles. The van der Waals surface area contributed by atoms with Crippen molar-refractivity contribution in [1.29, 1.82) is 5.26 Å². The Balaban J connectivity index is 1.47. The Bertz CT molecular complexity index is 1740.